The van der Waals surface area contributed by atoms with Gasteiger partial charge < -0.3 is 10.1 Å². The number of benzene rings is 3. The minimum atomic E-state index is -4.34. The summed E-state index contributed by atoms with van der Waals surface area (Å²) in [5, 5.41) is 2.57. The molecule has 0 heterocycles. The van der Waals surface area contributed by atoms with Gasteiger partial charge in [0.05, 0.1) is 17.7 Å². The zero-order chi connectivity index (χ0) is 21.0. The van der Waals surface area contributed by atoms with Crippen molar-refractivity contribution in [1.82, 2.24) is 0 Å². The van der Waals surface area contributed by atoms with Crippen LogP contribution in [0.5, 0.6) is 5.75 Å². The molecule has 0 aromatic heterocycles. The van der Waals surface area contributed by atoms with E-state index in [1.165, 1.54) is 19.2 Å². The molecule has 3 aromatic carbocycles. The highest BCUT2D eigenvalue weighted by Gasteiger charge is 2.21. The van der Waals surface area contributed by atoms with Gasteiger partial charge in [-0.3, -0.25) is 9.52 Å². The summed E-state index contributed by atoms with van der Waals surface area (Å²) in [7, 11) is -2.99. The number of rotatable bonds is 6. The van der Waals surface area contributed by atoms with Crippen LogP contribution in [-0.4, -0.2) is 21.4 Å². The van der Waals surface area contributed by atoms with Crippen LogP contribution in [-0.2, 0) is 10.0 Å². The Balaban J connectivity index is 1.94. The minimum Gasteiger partial charge on any atom is -0.495 e. The number of para-hydroxylation sites is 1. The number of hydrogen-bond acceptors (Lipinski definition) is 4. The van der Waals surface area contributed by atoms with Crippen molar-refractivity contribution in [3.05, 3.63) is 83.9 Å². The third-order valence-electron chi connectivity index (χ3n) is 3.96. The van der Waals surface area contributed by atoms with Crippen molar-refractivity contribution < 1.29 is 26.7 Å². The topological polar surface area (TPSA) is 84.5 Å². The van der Waals surface area contributed by atoms with E-state index in [0.717, 1.165) is 24.3 Å². The lowest BCUT2D eigenvalue weighted by Gasteiger charge is -2.14. The van der Waals surface area contributed by atoms with Crippen LogP contribution in [0.25, 0.3) is 0 Å². The minimum absolute atomic E-state index is 0.0817. The molecule has 0 saturated carbocycles. The average molecular weight is 418 g/mol. The molecule has 9 heteroatoms. The second-order valence-electron chi connectivity index (χ2n) is 5.88. The zero-order valence-electron chi connectivity index (χ0n) is 15.1. The Bertz CT molecular complexity index is 1130. The van der Waals surface area contributed by atoms with Gasteiger partial charge in [-0.25, -0.2) is 17.2 Å². The van der Waals surface area contributed by atoms with Crippen LogP contribution in [0.2, 0.25) is 0 Å². The Morgan fingerprint density at radius 2 is 1.59 bits per heavy atom. The van der Waals surface area contributed by atoms with Crippen LogP contribution in [0.4, 0.5) is 20.2 Å². The number of hydrogen-bond donors (Lipinski definition) is 2. The smallest absolute Gasteiger partial charge is 0.262 e. The second kappa shape index (κ2) is 8.27. The van der Waals surface area contributed by atoms with Gasteiger partial charge in [-0.1, -0.05) is 24.3 Å². The maximum Gasteiger partial charge on any atom is 0.262 e. The van der Waals surface area contributed by atoms with Crippen molar-refractivity contribution >= 4 is 27.3 Å². The number of methoxy groups -OCH3 is 1. The lowest BCUT2D eigenvalue weighted by Crippen LogP contribution is -2.17. The SMILES string of the molecule is COc1ccc(S(=O)(=O)Nc2c(F)cccc2F)cc1NC(=O)c1ccccc1. The Morgan fingerprint density at radius 1 is 0.931 bits per heavy atom. The average Bonchev–Trinajstić information content (AvgIpc) is 2.71. The molecule has 0 spiro atoms. The van der Waals surface area contributed by atoms with Gasteiger partial charge >= 0.3 is 0 Å². The summed E-state index contributed by atoms with van der Waals surface area (Å²) >= 11 is 0. The number of anilines is 2. The molecule has 0 atom stereocenters. The van der Waals surface area contributed by atoms with Gasteiger partial charge in [-0.15, -0.1) is 0 Å². The first-order chi connectivity index (χ1) is 13.8. The molecular weight excluding hydrogens is 402 g/mol. The normalized spacial score (nSPS) is 11.0. The number of nitrogens with one attached hydrogen (secondary N) is 2. The summed E-state index contributed by atoms with van der Waals surface area (Å²) in [6.07, 6.45) is 0. The first-order valence-corrected chi connectivity index (χ1v) is 9.81. The third kappa shape index (κ3) is 4.52. The van der Waals surface area contributed by atoms with Crippen molar-refractivity contribution in [1.29, 1.82) is 0 Å². The molecule has 0 fully saturated rings. The summed E-state index contributed by atoms with van der Waals surface area (Å²) in [4.78, 5) is 12.1. The molecule has 0 aliphatic rings. The van der Waals surface area contributed by atoms with Crippen LogP contribution in [0.1, 0.15) is 10.4 Å². The Labute approximate surface area is 166 Å². The summed E-state index contributed by atoms with van der Waals surface area (Å²) in [5.74, 6) is -2.38. The lowest BCUT2D eigenvalue weighted by atomic mass is 10.2. The third-order valence-corrected chi connectivity index (χ3v) is 5.31. The number of halogens is 2. The van der Waals surface area contributed by atoms with Crippen LogP contribution < -0.4 is 14.8 Å². The van der Waals surface area contributed by atoms with Crippen molar-refractivity contribution in [2.45, 2.75) is 4.90 Å². The maximum absolute atomic E-state index is 13.8. The molecule has 3 aromatic rings. The number of sulfonamides is 1. The fraction of sp³-hybridized carbons (Fsp3) is 0.0500. The molecular formula is C20H16F2N2O4S. The van der Waals surface area contributed by atoms with Gasteiger partial charge in [-0.05, 0) is 42.5 Å². The molecule has 0 saturated heterocycles. The van der Waals surface area contributed by atoms with E-state index in [9.17, 15) is 22.0 Å². The van der Waals surface area contributed by atoms with E-state index in [1.54, 1.807) is 30.3 Å². The van der Waals surface area contributed by atoms with Crippen molar-refractivity contribution in [3.63, 3.8) is 0 Å². The maximum atomic E-state index is 13.8. The number of carbonyl (C=O) groups is 1. The van der Waals surface area contributed by atoms with Gasteiger partial charge in [-0.2, -0.15) is 0 Å². The van der Waals surface area contributed by atoms with Crippen molar-refractivity contribution in [3.8, 4) is 5.75 Å². The van der Waals surface area contributed by atoms with E-state index in [4.69, 9.17) is 4.74 Å². The van der Waals surface area contributed by atoms with Crippen LogP contribution in [0.3, 0.4) is 0 Å². The number of amides is 1. The molecule has 6 nitrogen and oxygen atoms in total. The second-order valence-corrected chi connectivity index (χ2v) is 7.57. The molecule has 0 bridgehead atoms. The van der Waals surface area contributed by atoms with E-state index >= 15 is 0 Å². The highest BCUT2D eigenvalue weighted by Crippen LogP contribution is 2.30. The molecule has 0 aliphatic carbocycles. The van der Waals surface area contributed by atoms with Gasteiger partial charge in [0.2, 0.25) is 0 Å². The largest absolute Gasteiger partial charge is 0.495 e. The number of carbonyl (C=O) groups excluding carboxylic acids is 1. The molecule has 2 N–H and O–H groups in total. The Morgan fingerprint density at radius 3 is 2.21 bits per heavy atom. The van der Waals surface area contributed by atoms with Gasteiger partial charge in [0.1, 0.15) is 23.1 Å². The van der Waals surface area contributed by atoms with Crippen LogP contribution in [0, 0.1) is 11.6 Å². The number of ether oxygens (including phenoxy) is 1. The predicted molar refractivity (Wildman–Crippen MR) is 105 cm³/mol. The fourth-order valence-corrected chi connectivity index (χ4v) is 3.63. The Hall–Kier alpha value is -3.46. The van der Waals surface area contributed by atoms with Crippen LogP contribution in [0.15, 0.2) is 71.6 Å². The molecule has 0 unspecified atom stereocenters. The standard InChI is InChI=1S/C20H16F2N2O4S/c1-28-18-11-10-14(12-17(18)23-20(25)13-6-3-2-4-7-13)29(26,27)24-19-15(21)8-5-9-16(19)22/h2-12,24H,1H3,(H,23,25). The fourth-order valence-electron chi connectivity index (χ4n) is 2.52. The van der Waals surface area contributed by atoms with E-state index in [1.807, 2.05) is 4.72 Å². The molecule has 150 valence electrons. The van der Waals surface area contributed by atoms with Crippen LogP contribution >= 0.6 is 0 Å². The van der Waals surface area contributed by atoms with Crippen molar-refractivity contribution in [2.75, 3.05) is 17.1 Å². The quantitative estimate of drug-likeness (QED) is 0.633. The molecule has 29 heavy (non-hydrogen) atoms. The van der Waals surface area contributed by atoms with E-state index in [0.29, 0.717) is 5.56 Å². The van der Waals surface area contributed by atoms with Gasteiger partial charge in [0, 0.05) is 5.56 Å². The molecule has 1 amide bonds. The first-order valence-electron chi connectivity index (χ1n) is 8.33. The van der Waals surface area contributed by atoms with E-state index in [2.05, 4.69) is 5.32 Å². The van der Waals surface area contributed by atoms with Gasteiger partial charge in [0.15, 0.2) is 0 Å². The molecule has 0 aliphatic heterocycles. The highest BCUT2D eigenvalue weighted by molar-refractivity contribution is 7.92. The molecule has 3 rings (SSSR count). The lowest BCUT2D eigenvalue weighted by molar-refractivity contribution is 0.102. The van der Waals surface area contributed by atoms with Crippen molar-refractivity contribution in [2.24, 2.45) is 0 Å². The summed E-state index contributed by atoms with van der Waals surface area (Å²) in [5.41, 5.74) is -0.356. The summed E-state index contributed by atoms with van der Waals surface area (Å²) in [6, 6.07) is 14.9. The zero-order valence-corrected chi connectivity index (χ0v) is 16.0. The summed E-state index contributed by atoms with van der Waals surface area (Å²) in [6.45, 7) is 0. The summed E-state index contributed by atoms with van der Waals surface area (Å²) < 4.78 is 59.9. The Kier molecular flexibility index (Phi) is 5.79. The highest BCUT2D eigenvalue weighted by atomic mass is 32.2. The van der Waals surface area contributed by atoms with E-state index in [-0.39, 0.29) is 16.3 Å². The van der Waals surface area contributed by atoms with E-state index < -0.39 is 33.3 Å². The first kappa shape index (κ1) is 20.3. The molecule has 0 radical (unpaired) electrons. The predicted octanol–water partition coefficient (Wildman–Crippen LogP) is 4.03. The monoisotopic (exact) mass is 418 g/mol. The van der Waals surface area contributed by atoms with Gasteiger partial charge in [0.25, 0.3) is 15.9 Å².